The smallest absolute Gasteiger partial charge is 0.0725 e. The Bertz CT molecular complexity index is 4020. The Balaban J connectivity index is 1.03. The van der Waals surface area contributed by atoms with Gasteiger partial charge in [-0.1, -0.05) is 251 Å². The number of hydrogen-bond donors (Lipinski definition) is 0. The van der Waals surface area contributed by atoms with Gasteiger partial charge in [-0.25, -0.2) is 0 Å². The van der Waals surface area contributed by atoms with Gasteiger partial charge >= 0.3 is 0 Å². The van der Waals surface area contributed by atoms with E-state index in [0.717, 1.165) is 17.1 Å². The molecule has 0 saturated carbocycles. The summed E-state index contributed by atoms with van der Waals surface area (Å²) in [6.07, 6.45) is 0. The quantitative estimate of drug-likeness (QED) is 0.166. The van der Waals surface area contributed by atoms with Crippen molar-refractivity contribution in [3.05, 3.63) is 268 Å². The molecule has 1 spiro atoms. The predicted octanol–water partition coefficient (Wildman–Crippen LogP) is 20.0. The fraction of sp³-hybridized carbons (Fsp3) is 0.200. The summed E-state index contributed by atoms with van der Waals surface area (Å²) < 4.78 is 0. The van der Waals surface area contributed by atoms with E-state index < -0.39 is 5.41 Å². The Labute approximate surface area is 450 Å². The standard InChI is InChI=1S/C75H65N/c1-71(2,3)47-35-39-54-55-40-36-48(72(4,5)6)44-67(55)75(66(54)43-47)63-30-18-12-23-51(63)53-38-34-46(42-65(53)75)50-22-14-19-32-68(50)76(49-37-41-62-59(45-49)52-24-11-16-28-60(52)73(62,7)8)69-33-20-15-25-56(69)57-27-21-31-64-70(57)58-26-13-17-29-61(58)74(64,9)10/h11-45H,1-10H3. The molecule has 0 unspecified atom stereocenters. The first-order chi connectivity index (χ1) is 36.5. The Hall–Kier alpha value is -8.00. The maximum Gasteiger partial charge on any atom is 0.0725 e. The van der Waals surface area contributed by atoms with E-state index in [-0.39, 0.29) is 21.7 Å². The average molecular weight is 980 g/mol. The van der Waals surface area contributed by atoms with E-state index in [0.29, 0.717) is 0 Å². The summed E-state index contributed by atoms with van der Waals surface area (Å²) in [5.74, 6) is 0. The molecule has 0 heterocycles. The van der Waals surface area contributed by atoms with Crippen LogP contribution in [0.1, 0.15) is 125 Å². The van der Waals surface area contributed by atoms with Gasteiger partial charge in [0.25, 0.3) is 0 Å². The molecule has 0 fully saturated rings. The zero-order chi connectivity index (χ0) is 52.3. The molecule has 1 nitrogen and oxygen atoms in total. The second-order valence-corrected chi connectivity index (χ2v) is 25.2. The normalized spacial score (nSPS) is 15.3. The first kappa shape index (κ1) is 46.5. The van der Waals surface area contributed by atoms with Crippen molar-refractivity contribution in [3.8, 4) is 66.8 Å². The molecular formula is C75H65N. The van der Waals surface area contributed by atoms with E-state index in [2.05, 4.69) is 286 Å². The fourth-order valence-corrected chi connectivity index (χ4v) is 14.3. The van der Waals surface area contributed by atoms with Crippen LogP contribution in [-0.4, -0.2) is 0 Å². The van der Waals surface area contributed by atoms with Crippen LogP contribution in [0.15, 0.2) is 212 Å². The third-order valence-corrected chi connectivity index (χ3v) is 18.2. The van der Waals surface area contributed by atoms with E-state index >= 15 is 0 Å². The highest BCUT2D eigenvalue weighted by Gasteiger charge is 2.52. The maximum absolute atomic E-state index is 2.58. The van der Waals surface area contributed by atoms with Gasteiger partial charge in [-0.15, -0.1) is 0 Å². The van der Waals surface area contributed by atoms with Gasteiger partial charge in [-0.3, -0.25) is 0 Å². The van der Waals surface area contributed by atoms with Crippen molar-refractivity contribution in [1.29, 1.82) is 0 Å². The van der Waals surface area contributed by atoms with Gasteiger partial charge in [0.2, 0.25) is 0 Å². The second-order valence-electron chi connectivity index (χ2n) is 25.2. The van der Waals surface area contributed by atoms with Crippen LogP contribution in [0, 0.1) is 0 Å². The van der Waals surface area contributed by atoms with E-state index in [1.165, 1.54) is 122 Å². The molecule has 0 atom stereocenters. The molecule has 4 aliphatic carbocycles. The van der Waals surface area contributed by atoms with Crippen molar-refractivity contribution in [2.45, 2.75) is 96.3 Å². The Morgan fingerprint density at radius 3 is 1.33 bits per heavy atom. The summed E-state index contributed by atoms with van der Waals surface area (Å²) in [6.45, 7) is 23.6. The zero-order valence-corrected chi connectivity index (χ0v) is 45.7. The summed E-state index contributed by atoms with van der Waals surface area (Å²) in [4.78, 5) is 2.58. The molecule has 0 aromatic heterocycles. The van der Waals surface area contributed by atoms with Gasteiger partial charge in [-0.2, -0.15) is 0 Å². The number of anilines is 3. The summed E-state index contributed by atoms with van der Waals surface area (Å²) >= 11 is 0. The molecule has 10 aromatic carbocycles. The third-order valence-electron chi connectivity index (χ3n) is 18.2. The van der Waals surface area contributed by atoms with E-state index in [1.54, 1.807) is 0 Å². The van der Waals surface area contributed by atoms with Crippen LogP contribution in [-0.2, 0) is 27.1 Å². The minimum atomic E-state index is -0.520. The lowest BCUT2D eigenvalue weighted by atomic mass is 9.68. The molecule has 370 valence electrons. The van der Waals surface area contributed by atoms with Crippen molar-refractivity contribution in [2.24, 2.45) is 0 Å². The molecular weight excluding hydrogens is 915 g/mol. The van der Waals surface area contributed by atoms with Crippen LogP contribution in [0.3, 0.4) is 0 Å². The van der Waals surface area contributed by atoms with Crippen LogP contribution in [0.25, 0.3) is 66.8 Å². The Morgan fingerprint density at radius 2 is 0.711 bits per heavy atom. The number of nitrogens with zero attached hydrogens (tertiary/aromatic N) is 1. The summed E-state index contributed by atoms with van der Waals surface area (Å²) in [7, 11) is 0. The molecule has 0 radical (unpaired) electrons. The number of para-hydroxylation sites is 2. The second kappa shape index (κ2) is 16.0. The van der Waals surface area contributed by atoms with Gasteiger partial charge in [0.1, 0.15) is 0 Å². The highest BCUT2D eigenvalue weighted by molar-refractivity contribution is 6.02. The summed E-state index contributed by atoms with van der Waals surface area (Å²) in [5, 5.41) is 0. The topological polar surface area (TPSA) is 3.24 Å². The first-order valence-corrected chi connectivity index (χ1v) is 27.5. The monoisotopic (exact) mass is 980 g/mol. The van der Waals surface area contributed by atoms with Crippen molar-refractivity contribution in [1.82, 2.24) is 0 Å². The molecule has 0 amide bonds. The molecule has 1 heteroatoms. The van der Waals surface area contributed by atoms with Crippen molar-refractivity contribution < 1.29 is 0 Å². The lowest BCUT2D eigenvalue weighted by molar-refractivity contribution is 0.586. The first-order valence-electron chi connectivity index (χ1n) is 27.5. The van der Waals surface area contributed by atoms with Crippen molar-refractivity contribution in [3.63, 3.8) is 0 Å². The molecule has 14 rings (SSSR count). The summed E-state index contributed by atoms with van der Waals surface area (Å²) in [5.41, 5.74) is 31.7. The number of rotatable bonds is 5. The predicted molar refractivity (Wildman–Crippen MR) is 321 cm³/mol. The SMILES string of the molecule is CC(C)(C)c1ccc2c(c1)C1(c3ccccc3-c3ccc(-c4ccccc4N(c4ccc5c(c4)-c4ccccc4C5(C)C)c4ccccc4-c4cccc5c4-c4ccccc4C5(C)C)cc31)c1cc(C(C)(C)C)ccc1-2. The van der Waals surface area contributed by atoms with Gasteiger partial charge in [0.05, 0.1) is 16.8 Å². The van der Waals surface area contributed by atoms with Crippen LogP contribution in [0.2, 0.25) is 0 Å². The zero-order valence-electron chi connectivity index (χ0n) is 45.7. The molecule has 76 heavy (non-hydrogen) atoms. The largest absolute Gasteiger partial charge is 0.309 e. The lowest BCUT2D eigenvalue weighted by Gasteiger charge is -2.33. The Kier molecular flexibility index (Phi) is 9.80. The van der Waals surface area contributed by atoms with E-state index in [9.17, 15) is 0 Å². The molecule has 0 bridgehead atoms. The van der Waals surface area contributed by atoms with E-state index in [1.807, 2.05) is 0 Å². The van der Waals surface area contributed by atoms with Crippen LogP contribution >= 0.6 is 0 Å². The molecule has 4 aliphatic rings. The van der Waals surface area contributed by atoms with Gasteiger partial charge < -0.3 is 4.90 Å². The highest BCUT2D eigenvalue weighted by atomic mass is 15.1. The number of hydrogen-bond acceptors (Lipinski definition) is 1. The van der Waals surface area contributed by atoms with Gasteiger partial charge in [0, 0.05) is 27.6 Å². The number of benzene rings is 10. The maximum atomic E-state index is 2.58. The van der Waals surface area contributed by atoms with Crippen LogP contribution < -0.4 is 4.90 Å². The fourth-order valence-electron chi connectivity index (χ4n) is 14.3. The minimum Gasteiger partial charge on any atom is -0.309 e. The highest BCUT2D eigenvalue weighted by Crippen LogP contribution is 2.64. The molecule has 0 aliphatic heterocycles. The number of fused-ring (bicyclic) bond motifs is 16. The molecule has 0 saturated heterocycles. The molecule has 10 aromatic rings. The van der Waals surface area contributed by atoms with Gasteiger partial charge in [0.15, 0.2) is 0 Å². The van der Waals surface area contributed by atoms with E-state index in [4.69, 9.17) is 0 Å². The Morgan fingerprint density at radius 1 is 0.289 bits per heavy atom. The molecule has 0 N–H and O–H groups in total. The third kappa shape index (κ3) is 6.38. The van der Waals surface area contributed by atoms with Crippen LogP contribution in [0.5, 0.6) is 0 Å². The van der Waals surface area contributed by atoms with Crippen molar-refractivity contribution in [2.75, 3.05) is 4.90 Å². The average Bonchev–Trinajstić information content (AvgIpc) is 4.18. The van der Waals surface area contributed by atoms with Crippen molar-refractivity contribution >= 4 is 17.1 Å². The lowest BCUT2D eigenvalue weighted by Crippen LogP contribution is -2.27. The van der Waals surface area contributed by atoms with Crippen LogP contribution in [0.4, 0.5) is 17.1 Å². The summed E-state index contributed by atoms with van der Waals surface area (Å²) in [6, 6.07) is 82.1. The minimum absolute atomic E-state index is 0.0299. The van der Waals surface area contributed by atoms with Gasteiger partial charge in [-0.05, 0) is 152 Å².